The SMILES string of the molecule is Cc1cccc(C(O)C(O)CCBr)c1[N+](=O)[O-]. The number of halogens is 1. The fourth-order valence-corrected chi connectivity index (χ4v) is 2.12. The molecule has 1 aromatic rings. The Labute approximate surface area is 107 Å². The number of nitrogens with zero attached hydrogens (tertiary/aromatic N) is 1. The van der Waals surface area contributed by atoms with Gasteiger partial charge in [0.1, 0.15) is 6.10 Å². The highest BCUT2D eigenvalue weighted by Crippen LogP contribution is 2.31. The molecule has 0 aromatic heterocycles. The van der Waals surface area contributed by atoms with Crippen LogP contribution >= 0.6 is 15.9 Å². The van der Waals surface area contributed by atoms with Crippen molar-refractivity contribution in [1.29, 1.82) is 0 Å². The van der Waals surface area contributed by atoms with Crippen LogP contribution in [-0.4, -0.2) is 26.6 Å². The second-order valence-electron chi connectivity index (χ2n) is 3.76. The van der Waals surface area contributed by atoms with E-state index in [1.165, 1.54) is 6.07 Å². The fourth-order valence-electron chi connectivity index (χ4n) is 1.65. The average molecular weight is 304 g/mol. The van der Waals surface area contributed by atoms with Crippen molar-refractivity contribution in [3.8, 4) is 0 Å². The molecular weight excluding hydrogens is 290 g/mol. The topological polar surface area (TPSA) is 83.6 Å². The number of hydrogen-bond donors (Lipinski definition) is 2. The number of hydrogen-bond acceptors (Lipinski definition) is 4. The molecule has 0 radical (unpaired) electrons. The van der Waals surface area contributed by atoms with Gasteiger partial charge in [-0.25, -0.2) is 0 Å². The molecule has 0 spiro atoms. The van der Waals surface area contributed by atoms with Crippen molar-refractivity contribution in [2.75, 3.05) is 5.33 Å². The third-order valence-electron chi connectivity index (χ3n) is 2.54. The number of para-hydroxylation sites is 1. The Kier molecular flexibility index (Phi) is 5.04. The average Bonchev–Trinajstić information content (AvgIpc) is 2.27. The van der Waals surface area contributed by atoms with Crippen LogP contribution in [0.2, 0.25) is 0 Å². The highest BCUT2D eigenvalue weighted by atomic mass is 79.9. The van der Waals surface area contributed by atoms with E-state index in [9.17, 15) is 20.3 Å². The lowest BCUT2D eigenvalue weighted by atomic mass is 9.98. The second kappa shape index (κ2) is 6.09. The molecule has 0 amide bonds. The number of rotatable bonds is 5. The Morgan fingerprint density at radius 1 is 1.47 bits per heavy atom. The molecule has 0 saturated heterocycles. The molecule has 0 aliphatic rings. The molecular formula is C11H14BrNO4. The normalized spacial score (nSPS) is 14.4. The molecule has 2 N–H and O–H groups in total. The van der Waals surface area contributed by atoms with Crippen LogP contribution in [0.4, 0.5) is 5.69 Å². The van der Waals surface area contributed by atoms with Gasteiger partial charge in [0.05, 0.1) is 16.6 Å². The van der Waals surface area contributed by atoms with E-state index in [1.54, 1.807) is 19.1 Å². The number of aliphatic hydroxyl groups excluding tert-OH is 2. The molecule has 0 bridgehead atoms. The van der Waals surface area contributed by atoms with Crippen molar-refractivity contribution < 1.29 is 15.1 Å². The molecule has 1 aromatic carbocycles. The van der Waals surface area contributed by atoms with Gasteiger partial charge in [0.15, 0.2) is 0 Å². The molecule has 5 nitrogen and oxygen atoms in total. The first-order valence-electron chi connectivity index (χ1n) is 5.15. The maximum atomic E-state index is 10.9. The number of benzene rings is 1. The maximum absolute atomic E-state index is 10.9. The first-order chi connectivity index (χ1) is 7.99. The van der Waals surface area contributed by atoms with E-state index in [2.05, 4.69) is 15.9 Å². The molecule has 0 aliphatic heterocycles. The summed E-state index contributed by atoms with van der Waals surface area (Å²) in [4.78, 5) is 10.4. The van der Waals surface area contributed by atoms with Gasteiger partial charge in [0.25, 0.3) is 5.69 Å². The third kappa shape index (κ3) is 3.24. The van der Waals surface area contributed by atoms with Crippen LogP contribution in [0.25, 0.3) is 0 Å². The number of aliphatic hydroxyl groups is 2. The van der Waals surface area contributed by atoms with Gasteiger partial charge in [-0.3, -0.25) is 10.1 Å². The number of nitro benzene ring substituents is 1. The Bertz CT molecular complexity index is 410. The van der Waals surface area contributed by atoms with Gasteiger partial charge in [0, 0.05) is 10.9 Å². The van der Waals surface area contributed by atoms with E-state index < -0.39 is 17.1 Å². The van der Waals surface area contributed by atoms with E-state index >= 15 is 0 Å². The van der Waals surface area contributed by atoms with Crippen molar-refractivity contribution in [3.05, 3.63) is 39.4 Å². The van der Waals surface area contributed by atoms with Crippen LogP contribution < -0.4 is 0 Å². The van der Waals surface area contributed by atoms with Crippen LogP contribution in [0.1, 0.15) is 23.7 Å². The lowest BCUT2D eigenvalue weighted by molar-refractivity contribution is -0.386. The standard InChI is InChI=1S/C11H14BrNO4/c1-7-3-2-4-8(10(7)13(16)17)11(15)9(14)5-6-12/h2-4,9,11,14-15H,5-6H2,1H3. The van der Waals surface area contributed by atoms with Crippen LogP contribution in [0.5, 0.6) is 0 Å². The predicted octanol–water partition coefficient (Wildman–Crippen LogP) is 2.08. The lowest BCUT2D eigenvalue weighted by Gasteiger charge is -2.17. The largest absolute Gasteiger partial charge is 0.390 e. The predicted molar refractivity (Wildman–Crippen MR) is 67.2 cm³/mol. The first kappa shape index (κ1) is 14.1. The van der Waals surface area contributed by atoms with Crippen LogP contribution in [-0.2, 0) is 0 Å². The lowest BCUT2D eigenvalue weighted by Crippen LogP contribution is -2.19. The zero-order valence-electron chi connectivity index (χ0n) is 9.34. The monoisotopic (exact) mass is 303 g/mol. The number of aryl methyl sites for hydroxylation is 1. The quantitative estimate of drug-likeness (QED) is 0.495. The molecule has 1 rings (SSSR count). The second-order valence-corrected chi connectivity index (χ2v) is 4.55. The highest BCUT2D eigenvalue weighted by Gasteiger charge is 2.27. The Hall–Kier alpha value is -0.980. The zero-order valence-corrected chi connectivity index (χ0v) is 10.9. The number of nitro groups is 1. The van der Waals surface area contributed by atoms with Gasteiger partial charge in [-0.15, -0.1) is 0 Å². The summed E-state index contributed by atoms with van der Waals surface area (Å²) >= 11 is 3.15. The van der Waals surface area contributed by atoms with Crippen molar-refractivity contribution in [1.82, 2.24) is 0 Å². The summed E-state index contributed by atoms with van der Waals surface area (Å²) in [6, 6.07) is 4.69. The van der Waals surface area contributed by atoms with E-state index in [1.807, 2.05) is 0 Å². The van der Waals surface area contributed by atoms with E-state index in [4.69, 9.17) is 0 Å². The van der Waals surface area contributed by atoms with Gasteiger partial charge in [0.2, 0.25) is 0 Å². The first-order valence-corrected chi connectivity index (χ1v) is 6.27. The minimum absolute atomic E-state index is 0.131. The van der Waals surface area contributed by atoms with Gasteiger partial charge < -0.3 is 10.2 Å². The van der Waals surface area contributed by atoms with Gasteiger partial charge >= 0.3 is 0 Å². The summed E-state index contributed by atoms with van der Waals surface area (Å²) in [5.74, 6) is 0. The number of alkyl halides is 1. The third-order valence-corrected chi connectivity index (χ3v) is 3.00. The zero-order chi connectivity index (χ0) is 13.0. The molecule has 6 heteroatoms. The summed E-state index contributed by atoms with van der Waals surface area (Å²) in [6.07, 6.45) is -1.94. The molecule has 2 unspecified atom stereocenters. The van der Waals surface area contributed by atoms with E-state index in [-0.39, 0.29) is 11.3 Å². The molecule has 17 heavy (non-hydrogen) atoms. The van der Waals surface area contributed by atoms with Gasteiger partial charge in [-0.2, -0.15) is 0 Å². The Balaban J connectivity index is 3.13. The van der Waals surface area contributed by atoms with Gasteiger partial charge in [-0.05, 0) is 19.4 Å². The molecule has 94 valence electrons. The summed E-state index contributed by atoms with van der Waals surface area (Å²) in [5.41, 5.74) is 0.495. The van der Waals surface area contributed by atoms with Crippen LogP contribution in [0.15, 0.2) is 18.2 Å². The molecule has 0 heterocycles. The fraction of sp³-hybridized carbons (Fsp3) is 0.455. The maximum Gasteiger partial charge on any atom is 0.278 e. The summed E-state index contributed by atoms with van der Waals surface area (Å²) < 4.78 is 0. The Morgan fingerprint density at radius 2 is 2.12 bits per heavy atom. The van der Waals surface area contributed by atoms with Crippen molar-refractivity contribution in [2.45, 2.75) is 25.6 Å². The Morgan fingerprint density at radius 3 is 2.65 bits per heavy atom. The molecule has 2 atom stereocenters. The van der Waals surface area contributed by atoms with Crippen molar-refractivity contribution in [3.63, 3.8) is 0 Å². The summed E-state index contributed by atoms with van der Waals surface area (Å²) in [5, 5.41) is 31.0. The van der Waals surface area contributed by atoms with Crippen molar-refractivity contribution >= 4 is 21.6 Å². The van der Waals surface area contributed by atoms with Gasteiger partial charge in [-0.1, -0.05) is 28.1 Å². The van der Waals surface area contributed by atoms with E-state index in [0.717, 1.165) is 0 Å². The van der Waals surface area contributed by atoms with Crippen molar-refractivity contribution in [2.24, 2.45) is 0 Å². The van der Waals surface area contributed by atoms with E-state index in [0.29, 0.717) is 17.3 Å². The highest BCUT2D eigenvalue weighted by molar-refractivity contribution is 9.09. The minimum Gasteiger partial charge on any atom is -0.390 e. The molecule has 0 fully saturated rings. The smallest absolute Gasteiger partial charge is 0.278 e. The summed E-state index contributed by atoms with van der Waals surface area (Å²) in [7, 11) is 0. The minimum atomic E-state index is -1.24. The molecule has 0 aliphatic carbocycles. The van der Waals surface area contributed by atoms with Crippen LogP contribution in [0.3, 0.4) is 0 Å². The van der Waals surface area contributed by atoms with Crippen LogP contribution in [0, 0.1) is 17.0 Å². The summed E-state index contributed by atoms with van der Waals surface area (Å²) in [6.45, 7) is 1.60. The molecule has 0 saturated carbocycles.